The number of ether oxygens (including phenoxy) is 1. The zero-order valence-electron chi connectivity index (χ0n) is 9.25. The second-order valence-electron chi connectivity index (χ2n) is 4.36. The number of hydrogen-bond acceptors (Lipinski definition) is 4. The van der Waals surface area contributed by atoms with Crippen LogP contribution in [0.5, 0.6) is 0 Å². The summed E-state index contributed by atoms with van der Waals surface area (Å²) in [4.78, 5) is 13.6. The minimum absolute atomic E-state index is 0.274. The highest BCUT2D eigenvalue weighted by Crippen LogP contribution is 2.29. The molecule has 2 N–H and O–H groups in total. The van der Waals surface area contributed by atoms with Crippen molar-refractivity contribution < 1.29 is 9.53 Å². The predicted octanol–water partition coefficient (Wildman–Crippen LogP) is 0.361. The first kappa shape index (κ1) is 11.5. The maximum absolute atomic E-state index is 11.5. The van der Waals surface area contributed by atoms with Crippen molar-refractivity contribution in [2.24, 2.45) is 5.73 Å². The SMILES string of the molecule is COC(=O)C1(N)CCCC(N(C)C)C1. The van der Waals surface area contributed by atoms with E-state index in [1.54, 1.807) is 0 Å². The summed E-state index contributed by atoms with van der Waals surface area (Å²) in [5.74, 6) is -0.274. The van der Waals surface area contributed by atoms with Crippen molar-refractivity contribution in [1.29, 1.82) is 0 Å². The molecule has 0 heterocycles. The van der Waals surface area contributed by atoms with E-state index in [2.05, 4.69) is 4.90 Å². The molecule has 1 fully saturated rings. The lowest BCUT2D eigenvalue weighted by molar-refractivity contribution is -0.149. The van der Waals surface area contributed by atoms with E-state index in [0.717, 1.165) is 19.3 Å². The van der Waals surface area contributed by atoms with E-state index >= 15 is 0 Å². The smallest absolute Gasteiger partial charge is 0.325 e. The van der Waals surface area contributed by atoms with Crippen LogP contribution in [0.4, 0.5) is 0 Å². The Balaban J connectivity index is 2.67. The molecule has 0 amide bonds. The summed E-state index contributed by atoms with van der Waals surface area (Å²) >= 11 is 0. The molecule has 1 rings (SSSR count). The lowest BCUT2D eigenvalue weighted by Gasteiger charge is -2.38. The first-order valence-electron chi connectivity index (χ1n) is 5.03. The Kier molecular flexibility index (Phi) is 3.50. The maximum Gasteiger partial charge on any atom is 0.325 e. The molecule has 0 aromatic rings. The van der Waals surface area contributed by atoms with Crippen LogP contribution in [0.1, 0.15) is 25.7 Å². The van der Waals surface area contributed by atoms with Gasteiger partial charge in [-0.05, 0) is 39.8 Å². The van der Waals surface area contributed by atoms with Gasteiger partial charge < -0.3 is 15.4 Å². The molecule has 4 nitrogen and oxygen atoms in total. The van der Waals surface area contributed by atoms with E-state index in [1.807, 2.05) is 14.1 Å². The summed E-state index contributed by atoms with van der Waals surface area (Å²) in [5, 5.41) is 0. The summed E-state index contributed by atoms with van der Waals surface area (Å²) in [6.45, 7) is 0. The van der Waals surface area contributed by atoms with Gasteiger partial charge in [0.2, 0.25) is 0 Å². The Morgan fingerprint density at radius 1 is 1.57 bits per heavy atom. The number of esters is 1. The molecule has 1 saturated carbocycles. The number of carbonyl (C=O) groups is 1. The molecule has 0 spiro atoms. The molecule has 0 aromatic heterocycles. The largest absolute Gasteiger partial charge is 0.468 e. The van der Waals surface area contributed by atoms with E-state index in [4.69, 9.17) is 10.5 Å². The molecule has 0 aliphatic heterocycles. The first-order chi connectivity index (χ1) is 6.49. The Morgan fingerprint density at radius 3 is 2.71 bits per heavy atom. The van der Waals surface area contributed by atoms with Crippen LogP contribution in [-0.2, 0) is 9.53 Å². The van der Waals surface area contributed by atoms with Crippen LogP contribution in [0, 0.1) is 0 Å². The van der Waals surface area contributed by atoms with Crippen LogP contribution in [0.2, 0.25) is 0 Å². The van der Waals surface area contributed by atoms with E-state index in [0.29, 0.717) is 12.5 Å². The highest BCUT2D eigenvalue weighted by atomic mass is 16.5. The maximum atomic E-state index is 11.5. The zero-order chi connectivity index (χ0) is 10.8. The lowest BCUT2D eigenvalue weighted by Crippen LogP contribution is -2.55. The number of hydrogen-bond donors (Lipinski definition) is 1. The van der Waals surface area contributed by atoms with Crippen molar-refractivity contribution in [2.75, 3.05) is 21.2 Å². The molecule has 4 heteroatoms. The quantitative estimate of drug-likeness (QED) is 0.654. The standard InChI is InChI=1S/C10H20N2O2/c1-12(2)8-5-4-6-10(11,7-8)9(13)14-3/h8H,4-7,11H2,1-3H3. The van der Waals surface area contributed by atoms with Gasteiger partial charge in [-0.15, -0.1) is 0 Å². The number of rotatable bonds is 2. The highest BCUT2D eigenvalue weighted by molar-refractivity contribution is 5.80. The normalized spacial score (nSPS) is 33.1. The summed E-state index contributed by atoms with van der Waals surface area (Å²) in [6, 6.07) is 0.396. The van der Waals surface area contributed by atoms with E-state index in [9.17, 15) is 4.79 Å². The number of carbonyl (C=O) groups excluding carboxylic acids is 1. The van der Waals surface area contributed by atoms with Crippen LogP contribution in [0.15, 0.2) is 0 Å². The van der Waals surface area contributed by atoms with Gasteiger partial charge in [-0.25, -0.2) is 0 Å². The Labute approximate surface area is 85.4 Å². The molecule has 2 unspecified atom stereocenters. The first-order valence-corrected chi connectivity index (χ1v) is 5.03. The Hall–Kier alpha value is -0.610. The second-order valence-corrected chi connectivity index (χ2v) is 4.36. The van der Waals surface area contributed by atoms with E-state index < -0.39 is 5.54 Å². The molecule has 0 saturated heterocycles. The molecule has 2 atom stereocenters. The van der Waals surface area contributed by atoms with Gasteiger partial charge in [0.25, 0.3) is 0 Å². The number of nitrogens with zero attached hydrogens (tertiary/aromatic N) is 1. The van der Waals surface area contributed by atoms with Crippen molar-refractivity contribution in [3.63, 3.8) is 0 Å². The summed E-state index contributed by atoms with van der Waals surface area (Å²) < 4.78 is 4.74. The molecular formula is C10H20N2O2. The van der Waals surface area contributed by atoms with Crippen molar-refractivity contribution in [2.45, 2.75) is 37.3 Å². The topological polar surface area (TPSA) is 55.6 Å². The molecule has 0 radical (unpaired) electrons. The molecule has 14 heavy (non-hydrogen) atoms. The van der Waals surface area contributed by atoms with E-state index in [-0.39, 0.29) is 5.97 Å². The second kappa shape index (κ2) is 4.28. The minimum Gasteiger partial charge on any atom is -0.468 e. The molecule has 0 aromatic carbocycles. The van der Waals surface area contributed by atoms with Crippen molar-refractivity contribution >= 4 is 5.97 Å². The van der Waals surface area contributed by atoms with Crippen LogP contribution < -0.4 is 5.73 Å². The van der Waals surface area contributed by atoms with Crippen LogP contribution >= 0.6 is 0 Å². The molecule has 1 aliphatic rings. The van der Waals surface area contributed by atoms with Crippen LogP contribution in [0.25, 0.3) is 0 Å². The summed E-state index contributed by atoms with van der Waals surface area (Å²) in [7, 11) is 5.44. The molecule has 82 valence electrons. The highest BCUT2D eigenvalue weighted by Gasteiger charge is 2.40. The van der Waals surface area contributed by atoms with Crippen molar-refractivity contribution in [3.8, 4) is 0 Å². The monoisotopic (exact) mass is 200 g/mol. The average Bonchev–Trinajstić information content (AvgIpc) is 2.16. The zero-order valence-corrected chi connectivity index (χ0v) is 9.25. The minimum atomic E-state index is -0.762. The third-order valence-corrected chi connectivity index (χ3v) is 3.08. The summed E-state index contributed by atoms with van der Waals surface area (Å²) in [5.41, 5.74) is 5.28. The third kappa shape index (κ3) is 2.25. The van der Waals surface area contributed by atoms with Gasteiger partial charge >= 0.3 is 5.97 Å². The molecule has 1 aliphatic carbocycles. The van der Waals surface area contributed by atoms with Gasteiger partial charge in [-0.1, -0.05) is 0 Å². The number of methoxy groups -OCH3 is 1. The van der Waals surface area contributed by atoms with Gasteiger partial charge in [0.05, 0.1) is 7.11 Å². The van der Waals surface area contributed by atoms with E-state index in [1.165, 1.54) is 7.11 Å². The molecule has 0 bridgehead atoms. The van der Waals surface area contributed by atoms with Gasteiger partial charge in [-0.3, -0.25) is 4.79 Å². The summed E-state index contributed by atoms with van der Waals surface area (Å²) in [6.07, 6.45) is 3.55. The lowest BCUT2D eigenvalue weighted by atomic mass is 9.79. The molecular weight excluding hydrogens is 180 g/mol. The fraction of sp³-hybridized carbons (Fsp3) is 0.900. The van der Waals surface area contributed by atoms with Crippen molar-refractivity contribution in [1.82, 2.24) is 4.90 Å². The average molecular weight is 200 g/mol. The Bertz CT molecular complexity index is 218. The van der Waals surface area contributed by atoms with Crippen LogP contribution in [0.3, 0.4) is 0 Å². The fourth-order valence-corrected chi connectivity index (χ4v) is 2.11. The van der Waals surface area contributed by atoms with Gasteiger partial charge in [0.15, 0.2) is 0 Å². The fourth-order valence-electron chi connectivity index (χ4n) is 2.11. The van der Waals surface area contributed by atoms with Crippen LogP contribution in [-0.4, -0.2) is 43.7 Å². The number of nitrogens with two attached hydrogens (primary N) is 1. The van der Waals surface area contributed by atoms with Gasteiger partial charge in [0, 0.05) is 6.04 Å². The van der Waals surface area contributed by atoms with Gasteiger partial charge in [0.1, 0.15) is 5.54 Å². The Morgan fingerprint density at radius 2 is 2.21 bits per heavy atom. The van der Waals surface area contributed by atoms with Gasteiger partial charge in [-0.2, -0.15) is 0 Å². The third-order valence-electron chi connectivity index (χ3n) is 3.08. The van der Waals surface area contributed by atoms with Crippen molar-refractivity contribution in [3.05, 3.63) is 0 Å². The predicted molar refractivity (Wildman–Crippen MR) is 54.9 cm³/mol.